The topological polar surface area (TPSA) is 80.3 Å². The summed E-state index contributed by atoms with van der Waals surface area (Å²) in [4.78, 5) is 29.8. The van der Waals surface area contributed by atoms with E-state index in [1.54, 1.807) is 43.0 Å². The van der Waals surface area contributed by atoms with Crippen LogP contribution in [0.15, 0.2) is 58.1 Å². The first-order valence-electron chi connectivity index (χ1n) is 9.42. The first kappa shape index (κ1) is 19.5. The number of hydrogen-bond donors (Lipinski definition) is 0. The molecular formula is C22H22N4O4. The van der Waals surface area contributed by atoms with Crippen molar-refractivity contribution >= 4 is 11.2 Å². The molecule has 0 bridgehead atoms. The number of fused-ring (bicyclic) bond motifs is 1. The first-order valence-corrected chi connectivity index (χ1v) is 9.42. The summed E-state index contributed by atoms with van der Waals surface area (Å²) in [5.41, 5.74) is 1.85. The number of imidazole rings is 1. The Hall–Kier alpha value is -3.81. The maximum Gasteiger partial charge on any atom is 0.332 e. The Morgan fingerprint density at radius 3 is 2.17 bits per heavy atom. The minimum atomic E-state index is -0.441. The van der Waals surface area contributed by atoms with Gasteiger partial charge in [-0.25, -0.2) is 4.79 Å². The highest BCUT2D eigenvalue weighted by molar-refractivity contribution is 5.72. The van der Waals surface area contributed by atoms with Crippen LogP contribution in [0.3, 0.4) is 0 Å². The largest absolute Gasteiger partial charge is 0.497 e. The van der Waals surface area contributed by atoms with E-state index in [-0.39, 0.29) is 11.7 Å². The van der Waals surface area contributed by atoms with E-state index in [0.717, 1.165) is 15.7 Å². The molecule has 30 heavy (non-hydrogen) atoms. The van der Waals surface area contributed by atoms with Crippen molar-refractivity contribution in [1.82, 2.24) is 18.7 Å². The van der Waals surface area contributed by atoms with E-state index in [9.17, 15) is 9.59 Å². The molecule has 8 heteroatoms. The van der Waals surface area contributed by atoms with Crippen molar-refractivity contribution in [3.63, 3.8) is 0 Å². The van der Waals surface area contributed by atoms with Crippen LogP contribution in [0.25, 0.3) is 11.2 Å². The van der Waals surface area contributed by atoms with Crippen molar-refractivity contribution < 1.29 is 9.47 Å². The molecule has 2 heterocycles. The van der Waals surface area contributed by atoms with Gasteiger partial charge in [0.15, 0.2) is 11.2 Å². The van der Waals surface area contributed by atoms with Gasteiger partial charge in [-0.3, -0.25) is 18.5 Å². The predicted octanol–water partition coefficient (Wildman–Crippen LogP) is 2.59. The van der Waals surface area contributed by atoms with Gasteiger partial charge in [0.05, 0.1) is 13.7 Å². The highest BCUT2D eigenvalue weighted by Crippen LogP contribution is 2.26. The summed E-state index contributed by atoms with van der Waals surface area (Å²) in [6.07, 6.45) is 0. The summed E-state index contributed by atoms with van der Waals surface area (Å²) in [6.45, 7) is 2.38. The fourth-order valence-corrected chi connectivity index (χ4v) is 3.28. The van der Waals surface area contributed by atoms with Gasteiger partial charge in [0.1, 0.15) is 11.5 Å². The first-order chi connectivity index (χ1) is 14.4. The van der Waals surface area contributed by atoms with E-state index < -0.39 is 11.2 Å². The van der Waals surface area contributed by atoms with Crippen LogP contribution in [0.2, 0.25) is 0 Å². The van der Waals surface area contributed by atoms with E-state index >= 15 is 0 Å². The molecular weight excluding hydrogens is 384 g/mol. The van der Waals surface area contributed by atoms with E-state index in [1.165, 1.54) is 11.6 Å². The zero-order valence-corrected chi connectivity index (χ0v) is 17.2. The van der Waals surface area contributed by atoms with Gasteiger partial charge in [-0.15, -0.1) is 0 Å². The number of methoxy groups -OCH3 is 1. The molecule has 0 aliphatic heterocycles. The van der Waals surface area contributed by atoms with Crippen LogP contribution in [0.5, 0.6) is 17.5 Å². The van der Waals surface area contributed by atoms with E-state index in [4.69, 9.17) is 9.47 Å². The number of rotatable bonds is 5. The van der Waals surface area contributed by atoms with Crippen LogP contribution >= 0.6 is 0 Å². The number of ether oxygens (including phenoxy) is 2. The van der Waals surface area contributed by atoms with E-state index in [1.807, 2.05) is 31.2 Å². The van der Waals surface area contributed by atoms with Crippen LogP contribution in [0, 0.1) is 6.92 Å². The lowest BCUT2D eigenvalue weighted by Crippen LogP contribution is -2.37. The van der Waals surface area contributed by atoms with Gasteiger partial charge in [-0.2, -0.15) is 4.98 Å². The Bertz CT molecular complexity index is 1330. The lowest BCUT2D eigenvalue weighted by atomic mass is 10.1. The van der Waals surface area contributed by atoms with Crippen molar-refractivity contribution in [3.8, 4) is 17.5 Å². The maximum atomic E-state index is 12.9. The Balaban J connectivity index is 1.89. The van der Waals surface area contributed by atoms with Gasteiger partial charge >= 0.3 is 11.7 Å². The van der Waals surface area contributed by atoms with Crippen LogP contribution < -0.4 is 20.7 Å². The fourth-order valence-electron chi connectivity index (χ4n) is 3.28. The number of aryl methyl sites for hydroxylation is 2. The molecule has 2 aromatic heterocycles. The molecule has 0 aliphatic rings. The molecule has 0 saturated heterocycles. The van der Waals surface area contributed by atoms with Crippen LogP contribution in [-0.4, -0.2) is 25.8 Å². The van der Waals surface area contributed by atoms with Gasteiger partial charge in [0.25, 0.3) is 5.56 Å². The fraction of sp³-hybridized carbons (Fsp3) is 0.227. The molecule has 0 spiro atoms. The highest BCUT2D eigenvalue weighted by Gasteiger charge is 2.21. The van der Waals surface area contributed by atoms with Gasteiger partial charge in [0, 0.05) is 14.1 Å². The monoisotopic (exact) mass is 406 g/mol. The third kappa shape index (κ3) is 3.36. The quantitative estimate of drug-likeness (QED) is 0.509. The molecule has 0 saturated carbocycles. The average molecular weight is 406 g/mol. The zero-order valence-electron chi connectivity index (χ0n) is 17.2. The summed E-state index contributed by atoms with van der Waals surface area (Å²) in [5.74, 6) is 1.24. The average Bonchev–Trinajstić information content (AvgIpc) is 3.11. The Labute approximate surface area is 172 Å². The summed E-state index contributed by atoms with van der Waals surface area (Å²) in [5, 5.41) is 0. The minimum absolute atomic E-state index is 0.231. The van der Waals surface area contributed by atoms with Crippen molar-refractivity contribution in [2.45, 2.75) is 13.5 Å². The van der Waals surface area contributed by atoms with Crippen LogP contribution in [0.1, 0.15) is 11.1 Å². The Morgan fingerprint density at radius 1 is 0.900 bits per heavy atom. The standard InChI is InChI=1S/C22H22N4O4/c1-14-5-7-15(8-6-14)13-26-18-19(24(2)22(28)25(3)20(18)27)23-21(26)30-17-11-9-16(29-4)10-12-17/h5-12H,13H2,1-4H3. The number of nitrogens with zero attached hydrogens (tertiary/aromatic N) is 4. The minimum Gasteiger partial charge on any atom is -0.497 e. The van der Waals surface area contributed by atoms with Crippen molar-refractivity contribution in [3.05, 3.63) is 80.5 Å². The van der Waals surface area contributed by atoms with Crippen molar-refractivity contribution in [1.29, 1.82) is 0 Å². The van der Waals surface area contributed by atoms with E-state index in [0.29, 0.717) is 23.6 Å². The second-order valence-electron chi connectivity index (χ2n) is 7.12. The molecule has 0 unspecified atom stereocenters. The van der Waals surface area contributed by atoms with Crippen molar-refractivity contribution in [2.24, 2.45) is 14.1 Å². The smallest absolute Gasteiger partial charge is 0.332 e. The Morgan fingerprint density at radius 2 is 1.53 bits per heavy atom. The molecule has 0 amide bonds. The van der Waals surface area contributed by atoms with Crippen LogP contribution in [-0.2, 0) is 20.6 Å². The van der Waals surface area contributed by atoms with Gasteiger partial charge in [0.2, 0.25) is 0 Å². The molecule has 8 nitrogen and oxygen atoms in total. The highest BCUT2D eigenvalue weighted by atomic mass is 16.5. The summed E-state index contributed by atoms with van der Waals surface area (Å²) in [6, 6.07) is 15.3. The van der Waals surface area contributed by atoms with Gasteiger partial charge in [-0.1, -0.05) is 29.8 Å². The molecule has 4 rings (SSSR count). The van der Waals surface area contributed by atoms with Crippen LogP contribution in [0.4, 0.5) is 0 Å². The molecule has 4 aromatic rings. The van der Waals surface area contributed by atoms with Crippen molar-refractivity contribution in [2.75, 3.05) is 7.11 Å². The summed E-state index contributed by atoms with van der Waals surface area (Å²) < 4.78 is 15.3. The molecule has 0 aliphatic carbocycles. The zero-order chi connectivity index (χ0) is 21.4. The molecule has 0 atom stereocenters. The maximum absolute atomic E-state index is 12.9. The second kappa shape index (κ2) is 7.55. The Kier molecular flexibility index (Phi) is 4.91. The SMILES string of the molecule is COc1ccc(Oc2nc3c(c(=O)n(C)c(=O)n3C)n2Cc2ccc(C)cc2)cc1. The van der Waals surface area contributed by atoms with Gasteiger partial charge < -0.3 is 9.47 Å². The van der Waals surface area contributed by atoms with E-state index in [2.05, 4.69) is 4.98 Å². The van der Waals surface area contributed by atoms with Gasteiger partial charge in [-0.05, 0) is 36.8 Å². The number of benzene rings is 2. The number of hydrogen-bond acceptors (Lipinski definition) is 5. The molecule has 0 N–H and O–H groups in total. The molecule has 0 radical (unpaired) electrons. The molecule has 154 valence electrons. The normalized spacial score (nSPS) is 11.1. The lowest BCUT2D eigenvalue weighted by Gasteiger charge is -2.11. The predicted molar refractivity (Wildman–Crippen MR) is 114 cm³/mol. The third-order valence-corrected chi connectivity index (χ3v) is 5.04. The number of aromatic nitrogens is 4. The molecule has 2 aromatic carbocycles. The third-order valence-electron chi connectivity index (χ3n) is 5.04. The lowest BCUT2D eigenvalue weighted by molar-refractivity contribution is 0.406. The summed E-state index contributed by atoms with van der Waals surface area (Å²) >= 11 is 0. The summed E-state index contributed by atoms with van der Waals surface area (Å²) in [7, 11) is 4.63. The second-order valence-corrected chi connectivity index (χ2v) is 7.12. The molecule has 0 fully saturated rings.